The number of aromatic nitrogens is 2. The molecule has 2 N–H and O–H groups in total. The normalized spacial score (nSPS) is 19.2. The molecule has 1 aliphatic rings. The Morgan fingerprint density at radius 2 is 2.15 bits per heavy atom. The average Bonchev–Trinajstić information content (AvgIpc) is 3.15. The second-order valence-electron chi connectivity index (χ2n) is 5.44. The average molecular weight is 266 g/mol. The van der Waals surface area contributed by atoms with E-state index in [0.717, 1.165) is 24.4 Å². The number of para-hydroxylation sites is 1. The van der Waals surface area contributed by atoms with Crippen LogP contribution in [0.25, 0.3) is 21.8 Å². The Kier molecular flexibility index (Phi) is 2.63. The highest BCUT2D eigenvalue weighted by molar-refractivity contribution is 6.08. The van der Waals surface area contributed by atoms with Crippen LogP contribution in [-0.2, 0) is 0 Å². The SMILES string of the molecule is CNC1CCN(c2nc3ccccc3c3[nH]ccc23)C1. The number of nitrogens with zero attached hydrogens (tertiary/aromatic N) is 2. The lowest BCUT2D eigenvalue weighted by Crippen LogP contribution is -2.29. The summed E-state index contributed by atoms with van der Waals surface area (Å²) in [6.07, 6.45) is 3.19. The van der Waals surface area contributed by atoms with E-state index in [4.69, 9.17) is 4.98 Å². The highest BCUT2D eigenvalue weighted by atomic mass is 15.2. The summed E-state index contributed by atoms with van der Waals surface area (Å²) in [5.41, 5.74) is 2.25. The highest BCUT2D eigenvalue weighted by Crippen LogP contribution is 2.32. The van der Waals surface area contributed by atoms with Crippen LogP contribution in [0.15, 0.2) is 36.5 Å². The van der Waals surface area contributed by atoms with E-state index in [0.29, 0.717) is 6.04 Å². The molecule has 102 valence electrons. The molecule has 1 saturated heterocycles. The minimum Gasteiger partial charge on any atom is -0.361 e. The van der Waals surface area contributed by atoms with Gasteiger partial charge in [0.1, 0.15) is 5.82 Å². The molecule has 0 saturated carbocycles. The van der Waals surface area contributed by atoms with Crippen LogP contribution in [-0.4, -0.2) is 36.1 Å². The zero-order valence-corrected chi connectivity index (χ0v) is 11.6. The monoisotopic (exact) mass is 266 g/mol. The lowest BCUT2D eigenvalue weighted by Gasteiger charge is -2.19. The fraction of sp³-hybridized carbons (Fsp3) is 0.312. The van der Waals surface area contributed by atoms with Gasteiger partial charge in [-0.3, -0.25) is 0 Å². The minimum absolute atomic E-state index is 0.567. The molecule has 1 fully saturated rings. The number of H-pyrrole nitrogens is 1. The predicted molar refractivity (Wildman–Crippen MR) is 83.3 cm³/mol. The van der Waals surface area contributed by atoms with Crippen LogP contribution in [0, 0.1) is 0 Å². The van der Waals surface area contributed by atoms with E-state index in [2.05, 4.69) is 39.5 Å². The summed E-state index contributed by atoms with van der Waals surface area (Å²) in [4.78, 5) is 10.7. The van der Waals surface area contributed by atoms with Crippen LogP contribution in [0.1, 0.15) is 6.42 Å². The molecule has 3 aromatic rings. The van der Waals surface area contributed by atoms with E-state index >= 15 is 0 Å². The Bertz CT molecular complexity index is 761. The third kappa shape index (κ3) is 1.68. The van der Waals surface area contributed by atoms with Gasteiger partial charge in [0.2, 0.25) is 0 Å². The summed E-state index contributed by atoms with van der Waals surface area (Å²) < 4.78 is 0. The number of benzene rings is 1. The van der Waals surface area contributed by atoms with Gasteiger partial charge in [-0.15, -0.1) is 0 Å². The molecule has 4 nitrogen and oxygen atoms in total. The summed E-state index contributed by atoms with van der Waals surface area (Å²) in [6.45, 7) is 2.10. The van der Waals surface area contributed by atoms with Crippen LogP contribution in [0.4, 0.5) is 5.82 Å². The first-order valence-corrected chi connectivity index (χ1v) is 7.15. The number of anilines is 1. The van der Waals surface area contributed by atoms with Crippen molar-refractivity contribution in [3.8, 4) is 0 Å². The van der Waals surface area contributed by atoms with Crippen molar-refractivity contribution in [3.05, 3.63) is 36.5 Å². The van der Waals surface area contributed by atoms with Gasteiger partial charge in [-0.1, -0.05) is 18.2 Å². The highest BCUT2D eigenvalue weighted by Gasteiger charge is 2.24. The molecule has 20 heavy (non-hydrogen) atoms. The molecule has 1 aliphatic heterocycles. The number of likely N-dealkylation sites (N-methyl/N-ethyl adjacent to an activating group) is 1. The topological polar surface area (TPSA) is 44.0 Å². The van der Waals surface area contributed by atoms with Crippen molar-refractivity contribution in [3.63, 3.8) is 0 Å². The van der Waals surface area contributed by atoms with Crippen LogP contribution in [0.3, 0.4) is 0 Å². The molecule has 0 bridgehead atoms. The third-order valence-corrected chi connectivity index (χ3v) is 4.28. The van der Waals surface area contributed by atoms with Crippen molar-refractivity contribution in [1.29, 1.82) is 0 Å². The van der Waals surface area contributed by atoms with Crippen molar-refractivity contribution in [1.82, 2.24) is 15.3 Å². The first-order chi connectivity index (χ1) is 9.86. The molecular formula is C16H18N4. The molecular weight excluding hydrogens is 248 g/mol. The van der Waals surface area contributed by atoms with E-state index in [-0.39, 0.29) is 0 Å². The molecule has 0 amide bonds. The van der Waals surface area contributed by atoms with Gasteiger partial charge in [0.05, 0.1) is 11.0 Å². The second-order valence-corrected chi connectivity index (χ2v) is 5.44. The van der Waals surface area contributed by atoms with E-state index in [1.54, 1.807) is 0 Å². The summed E-state index contributed by atoms with van der Waals surface area (Å²) in [5, 5.41) is 5.78. The van der Waals surface area contributed by atoms with Gasteiger partial charge in [0.15, 0.2) is 0 Å². The van der Waals surface area contributed by atoms with Crippen molar-refractivity contribution < 1.29 is 0 Å². The number of hydrogen-bond donors (Lipinski definition) is 2. The van der Waals surface area contributed by atoms with Gasteiger partial charge >= 0.3 is 0 Å². The third-order valence-electron chi connectivity index (χ3n) is 4.28. The maximum atomic E-state index is 4.90. The zero-order valence-electron chi connectivity index (χ0n) is 11.6. The van der Waals surface area contributed by atoms with Gasteiger partial charge in [0.25, 0.3) is 0 Å². The molecule has 1 atom stereocenters. The van der Waals surface area contributed by atoms with Crippen LogP contribution in [0.2, 0.25) is 0 Å². The number of aromatic amines is 1. The van der Waals surface area contributed by atoms with E-state index in [9.17, 15) is 0 Å². The van der Waals surface area contributed by atoms with Gasteiger partial charge in [0, 0.05) is 36.1 Å². The van der Waals surface area contributed by atoms with Crippen molar-refractivity contribution in [2.45, 2.75) is 12.5 Å². The fourth-order valence-corrected chi connectivity index (χ4v) is 3.16. The smallest absolute Gasteiger partial charge is 0.138 e. The molecule has 0 spiro atoms. The Balaban J connectivity index is 1.91. The second kappa shape index (κ2) is 4.49. The van der Waals surface area contributed by atoms with Crippen molar-refractivity contribution in [2.75, 3.05) is 25.0 Å². The van der Waals surface area contributed by atoms with Crippen molar-refractivity contribution >= 4 is 27.6 Å². The molecule has 3 heterocycles. The number of rotatable bonds is 2. The molecule has 0 aliphatic carbocycles. The summed E-state index contributed by atoms with van der Waals surface area (Å²) in [7, 11) is 2.04. The number of fused-ring (bicyclic) bond motifs is 3. The maximum Gasteiger partial charge on any atom is 0.138 e. The standard InChI is InChI=1S/C16H18N4/c1-17-11-7-9-20(10-11)16-13-6-8-18-15(13)12-4-2-3-5-14(12)19-16/h2-6,8,11,17-18H,7,9-10H2,1H3. The summed E-state index contributed by atoms with van der Waals surface area (Å²) in [6, 6.07) is 11.0. The molecule has 1 unspecified atom stereocenters. The van der Waals surface area contributed by atoms with Crippen molar-refractivity contribution in [2.24, 2.45) is 0 Å². The van der Waals surface area contributed by atoms with E-state index in [1.165, 1.54) is 22.7 Å². The molecule has 4 heteroatoms. The first kappa shape index (κ1) is 11.7. The minimum atomic E-state index is 0.567. The van der Waals surface area contributed by atoms with E-state index in [1.807, 2.05) is 19.3 Å². The Hall–Kier alpha value is -2.07. The summed E-state index contributed by atoms with van der Waals surface area (Å²) in [5.74, 6) is 1.11. The summed E-state index contributed by atoms with van der Waals surface area (Å²) >= 11 is 0. The number of hydrogen-bond acceptors (Lipinski definition) is 3. The van der Waals surface area contributed by atoms with E-state index < -0.39 is 0 Å². The van der Waals surface area contributed by atoms with Crippen LogP contribution in [0.5, 0.6) is 0 Å². The van der Waals surface area contributed by atoms with Gasteiger partial charge < -0.3 is 15.2 Å². The zero-order chi connectivity index (χ0) is 13.5. The first-order valence-electron chi connectivity index (χ1n) is 7.15. The van der Waals surface area contributed by atoms with Gasteiger partial charge in [-0.05, 0) is 25.6 Å². The van der Waals surface area contributed by atoms with Gasteiger partial charge in [-0.2, -0.15) is 0 Å². The Labute approximate surface area is 117 Å². The lowest BCUT2D eigenvalue weighted by molar-refractivity contribution is 0.616. The largest absolute Gasteiger partial charge is 0.361 e. The fourth-order valence-electron chi connectivity index (χ4n) is 3.16. The Morgan fingerprint density at radius 1 is 1.25 bits per heavy atom. The van der Waals surface area contributed by atoms with Gasteiger partial charge in [-0.25, -0.2) is 4.98 Å². The number of pyridine rings is 1. The number of nitrogens with one attached hydrogen (secondary N) is 2. The lowest BCUT2D eigenvalue weighted by atomic mass is 10.1. The quantitative estimate of drug-likeness (QED) is 0.749. The molecule has 4 rings (SSSR count). The molecule has 0 radical (unpaired) electrons. The predicted octanol–water partition coefficient (Wildman–Crippen LogP) is 2.51. The Morgan fingerprint density at radius 3 is 3.00 bits per heavy atom. The molecule has 1 aromatic carbocycles. The maximum absolute atomic E-state index is 4.90. The van der Waals surface area contributed by atoms with Crippen LogP contribution >= 0.6 is 0 Å². The van der Waals surface area contributed by atoms with Crippen LogP contribution < -0.4 is 10.2 Å². The molecule has 2 aromatic heterocycles.